The molecule has 6 heteroatoms. The van der Waals surface area contributed by atoms with Gasteiger partial charge in [-0.15, -0.1) is 10.2 Å². The summed E-state index contributed by atoms with van der Waals surface area (Å²) >= 11 is 0. The molecular weight excluding hydrogens is 237 g/mol. The maximum Gasteiger partial charge on any atom is 0.253 e. The van der Waals surface area contributed by atoms with E-state index in [2.05, 4.69) is 10.2 Å². The Kier molecular flexibility index (Phi) is 3.57. The van der Waals surface area contributed by atoms with Crippen LogP contribution >= 0.6 is 0 Å². The molecule has 0 unspecified atom stereocenters. The van der Waals surface area contributed by atoms with Gasteiger partial charge in [-0.2, -0.15) is 0 Å². The summed E-state index contributed by atoms with van der Waals surface area (Å²) in [6.45, 7) is 3.52. The average Bonchev–Trinajstić information content (AvgIpc) is 2.72. The molecule has 5 nitrogen and oxygen atoms in total. The Morgan fingerprint density at radius 1 is 1.44 bits per heavy atom. The van der Waals surface area contributed by atoms with Gasteiger partial charge in [-0.1, -0.05) is 6.07 Å². The minimum atomic E-state index is -0.385. The molecule has 0 radical (unpaired) electrons. The molecule has 0 saturated carbocycles. The van der Waals surface area contributed by atoms with Crippen molar-refractivity contribution in [2.45, 2.75) is 26.5 Å². The Bertz CT molecular complexity index is 540. The Labute approximate surface area is 104 Å². The molecule has 0 aliphatic rings. The number of aromatic nitrogens is 2. The van der Waals surface area contributed by atoms with Gasteiger partial charge in [-0.25, -0.2) is 4.39 Å². The summed E-state index contributed by atoms with van der Waals surface area (Å²) < 4.78 is 24.1. The lowest BCUT2D eigenvalue weighted by Gasteiger charge is -2.09. The van der Waals surface area contributed by atoms with Gasteiger partial charge in [0.25, 0.3) is 5.89 Å². The van der Waals surface area contributed by atoms with Crippen LogP contribution in [-0.4, -0.2) is 10.2 Å². The first-order valence-corrected chi connectivity index (χ1v) is 5.53. The van der Waals surface area contributed by atoms with E-state index >= 15 is 0 Å². The van der Waals surface area contributed by atoms with Gasteiger partial charge in [0.2, 0.25) is 5.89 Å². The van der Waals surface area contributed by atoms with Crippen molar-refractivity contribution in [1.82, 2.24) is 10.2 Å². The number of nitrogens with zero attached hydrogens (tertiary/aromatic N) is 2. The summed E-state index contributed by atoms with van der Waals surface area (Å²) in [4.78, 5) is 0. The predicted molar refractivity (Wildman–Crippen MR) is 62.4 cm³/mol. The molecule has 0 amide bonds. The van der Waals surface area contributed by atoms with E-state index in [0.29, 0.717) is 23.1 Å². The van der Waals surface area contributed by atoms with Gasteiger partial charge in [0.05, 0.1) is 0 Å². The summed E-state index contributed by atoms with van der Waals surface area (Å²) in [5, 5.41) is 7.44. The van der Waals surface area contributed by atoms with Crippen molar-refractivity contribution in [1.29, 1.82) is 0 Å². The van der Waals surface area contributed by atoms with Crippen molar-refractivity contribution >= 4 is 0 Å². The zero-order valence-electron chi connectivity index (χ0n) is 10.2. The SMILES string of the molecule is Cc1nnc(COc2ccc([C@H](C)N)c(F)c2)o1. The van der Waals surface area contributed by atoms with E-state index in [1.54, 1.807) is 26.0 Å². The molecule has 2 rings (SSSR count). The molecule has 0 bridgehead atoms. The number of rotatable bonds is 4. The van der Waals surface area contributed by atoms with Crippen molar-refractivity contribution < 1.29 is 13.5 Å². The van der Waals surface area contributed by atoms with E-state index in [-0.39, 0.29) is 18.5 Å². The minimum absolute atomic E-state index is 0.109. The summed E-state index contributed by atoms with van der Waals surface area (Å²) in [5.74, 6) is 0.827. The Balaban J connectivity index is 2.04. The Morgan fingerprint density at radius 3 is 2.78 bits per heavy atom. The van der Waals surface area contributed by atoms with Crippen LogP contribution in [0.15, 0.2) is 22.6 Å². The first kappa shape index (κ1) is 12.5. The second-order valence-electron chi connectivity index (χ2n) is 3.98. The molecular formula is C12H14FN3O2. The Morgan fingerprint density at radius 2 is 2.22 bits per heavy atom. The van der Waals surface area contributed by atoms with Crippen LogP contribution in [-0.2, 0) is 6.61 Å². The molecule has 2 N–H and O–H groups in total. The maximum absolute atomic E-state index is 13.6. The fourth-order valence-electron chi connectivity index (χ4n) is 1.51. The largest absolute Gasteiger partial charge is 0.484 e. The highest BCUT2D eigenvalue weighted by molar-refractivity contribution is 5.30. The monoisotopic (exact) mass is 251 g/mol. The zero-order chi connectivity index (χ0) is 13.1. The van der Waals surface area contributed by atoms with Crippen LogP contribution in [0.5, 0.6) is 5.75 Å². The van der Waals surface area contributed by atoms with E-state index in [1.807, 2.05) is 0 Å². The molecule has 1 heterocycles. The van der Waals surface area contributed by atoms with Gasteiger partial charge < -0.3 is 14.9 Å². The van der Waals surface area contributed by atoms with Gasteiger partial charge in [0.15, 0.2) is 6.61 Å². The fourth-order valence-corrected chi connectivity index (χ4v) is 1.51. The summed E-state index contributed by atoms with van der Waals surface area (Å²) in [6.07, 6.45) is 0. The smallest absolute Gasteiger partial charge is 0.253 e. The molecule has 1 aromatic heterocycles. The van der Waals surface area contributed by atoms with E-state index in [1.165, 1.54) is 6.07 Å². The fraction of sp³-hybridized carbons (Fsp3) is 0.333. The van der Waals surface area contributed by atoms with Crippen LogP contribution in [0.3, 0.4) is 0 Å². The first-order valence-electron chi connectivity index (χ1n) is 5.53. The molecule has 0 aliphatic heterocycles. The molecule has 2 aromatic rings. The lowest BCUT2D eigenvalue weighted by molar-refractivity contribution is 0.259. The lowest BCUT2D eigenvalue weighted by Crippen LogP contribution is -2.07. The highest BCUT2D eigenvalue weighted by Crippen LogP contribution is 2.21. The molecule has 0 aliphatic carbocycles. The zero-order valence-corrected chi connectivity index (χ0v) is 10.2. The Hall–Kier alpha value is -1.95. The predicted octanol–water partition coefficient (Wildman–Crippen LogP) is 2.12. The average molecular weight is 251 g/mol. The van der Waals surface area contributed by atoms with Gasteiger partial charge >= 0.3 is 0 Å². The third-order valence-electron chi connectivity index (χ3n) is 2.39. The van der Waals surface area contributed by atoms with Crippen molar-refractivity contribution in [3.8, 4) is 5.75 Å². The summed E-state index contributed by atoms with van der Waals surface area (Å²) in [6, 6.07) is 4.21. The molecule has 0 spiro atoms. The topological polar surface area (TPSA) is 74.2 Å². The number of ether oxygens (including phenoxy) is 1. The van der Waals surface area contributed by atoms with Gasteiger partial charge in [0.1, 0.15) is 11.6 Å². The first-order chi connectivity index (χ1) is 8.56. The van der Waals surface area contributed by atoms with Gasteiger partial charge in [0, 0.05) is 24.6 Å². The van der Waals surface area contributed by atoms with Crippen molar-refractivity contribution in [3.63, 3.8) is 0 Å². The molecule has 18 heavy (non-hydrogen) atoms. The minimum Gasteiger partial charge on any atom is -0.484 e. The molecule has 0 fully saturated rings. The number of hydrogen-bond acceptors (Lipinski definition) is 5. The van der Waals surface area contributed by atoms with E-state index < -0.39 is 0 Å². The van der Waals surface area contributed by atoms with Crippen LogP contribution in [0, 0.1) is 12.7 Å². The van der Waals surface area contributed by atoms with E-state index in [0.717, 1.165) is 0 Å². The molecule has 1 aromatic carbocycles. The van der Waals surface area contributed by atoms with Crippen LogP contribution in [0.4, 0.5) is 4.39 Å². The molecule has 0 saturated heterocycles. The van der Waals surface area contributed by atoms with Crippen LogP contribution in [0.2, 0.25) is 0 Å². The van der Waals surface area contributed by atoms with E-state index in [4.69, 9.17) is 14.9 Å². The van der Waals surface area contributed by atoms with Crippen LogP contribution in [0.1, 0.15) is 30.3 Å². The van der Waals surface area contributed by atoms with Crippen LogP contribution < -0.4 is 10.5 Å². The highest BCUT2D eigenvalue weighted by atomic mass is 19.1. The normalized spacial score (nSPS) is 12.4. The van der Waals surface area contributed by atoms with Crippen molar-refractivity contribution in [2.24, 2.45) is 5.73 Å². The number of hydrogen-bond donors (Lipinski definition) is 1. The third kappa shape index (κ3) is 2.84. The summed E-state index contributed by atoms with van der Waals surface area (Å²) in [7, 11) is 0. The van der Waals surface area contributed by atoms with Crippen molar-refractivity contribution in [2.75, 3.05) is 0 Å². The maximum atomic E-state index is 13.6. The molecule has 96 valence electrons. The van der Waals surface area contributed by atoms with Crippen LogP contribution in [0.25, 0.3) is 0 Å². The highest BCUT2D eigenvalue weighted by Gasteiger charge is 2.09. The molecule has 1 atom stereocenters. The van der Waals surface area contributed by atoms with Gasteiger partial charge in [-0.3, -0.25) is 0 Å². The quantitative estimate of drug-likeness (QED) is 0.900. The number of nitrogens with two attached hydrogens (primary N) is 1. The van der Waals surface area contributed by atoms with E-state index in [9.17, 15) is 4.39 Å². The third-order valence-corrected chi connectivity index (χ3v) is 2.39. The number of aryl methyl sites for hydroxylation is 1. The lowest BCUT2D eigenvalue weighted by atomic mass is 10.1. The summed E-state index contributed by atoms with van der Waals surface area (Å²) in [5.41, 5.74) is 6.07. The second-order valence-corrected chi connectivity index (χ2v) is 3.98. The number of benzene rings is 1. The standard InChI is InChI=1S/C12H14FN3O2/c1-7(14)10-4-3-9(5-11(10)13)17-6-12-16-15-8(2)18-12/h3-5,7H,6,14H2,1-2H3/t7-/m0/s1. The number of halogens is 1. The van der Waals surface area contributed by atoms with Gasteiger partial charge in [-0.05, 0) is 13.0 Å². The second kappa shape index (κ2) is 5.14. The van der Waals surface area contributed by atoms with Crippen molar-refractivity contribution in [3.05, 3.63) is 41.4 Å².